The number of primary amides is 1. The molecular formula is C16H32N2O3. The molecule has 1 rings (SSSR count). The molecule has 3 unspecified atom stereocenters. The van der Waals surface area contributed by atoms with Gasteiger partial charge >= 0.3 is 0 Å². The Morgan fingerprint density at radius 2 is 2.10 bits per heavy atom. The van der Waals surface area contributed by atoms with Gasteiger partial charge in [0.15, 0.2) is 0 Å². The molecule has 124 valence electrons. The smallest absolute Gasteiger partial charge is 0.237 e. The van der Waals surface area contributed by atoms with Crippen molar-refractivity contribution < 1.29 is 14.3 Å². The lowest BCUT2D eigenvalue weighted by atomic mass is 9.94. The van der Waals surface area contributed by atoms with Crippen LogP contribution in [0.5, 0.6) is 0 Å². The summed E-state index contributed by atoms with van der Waals surface area (Å²) in [5, 5.41) is 3.25. The van der Waals surface area contributed by atoms with Crippen LogP contribution in [0.3, 0.4) is 0 Å². The molecule has 0 radical (unpaired) electrons. The van der Waals surface area contributed by atoms with E-state index in [9.17, 15) is 4.79 Å². The van der Waals surface area contributed by atoms with Crippen LogP contribution in [-0.2, 0) is 14.3 Å². The second-order valence-corrected chi connectivity index (χ2v) is 6.24. The molecule has 0 heterocycles. The first-order valence-electron chi connectivity index (χ1n) is 8.21. The molecule has 0 aromatic rings. The predicted octanol–water partition coefficient (Wildman–Crippen LogP) is 1.98. The van der Waals surface area contributed by atoms with Gasteiger partial charge in [-0.2, -0.15) is 0 Å². The third-order valence-corrected chi connectivity index (χ3v) is 4.39. The number of amides is 1. The van der Waals surface area contributed by atoms with E-state index in [1.807, 2.05) is 6.92 Å². The van der Waals surface area contributed by atoms with E-state index in [1.165, 1.54) is 6.42 Å². The molecule has 1 saturated carbocycles. The molecule has 1 aliphatic carbocycles. The van der Waals surface area contributed by atoms with Crippen molar-refractivity contribution in [2.45, 2.75) is 76.5 Å². The molecule has 0 aliphatic heterocycles. The van der Waals surface area contributed by atoms with Gasteiger partial charge in [0, 0.05) is 13.7 Å². The van der Waals surface area contributed by atoms with Crippen LogP contribution in [0.1, 0.15) is 58.8 Å². The Hall–Kier alpha value is -0.650. The molecule has 5 heteroatoms. The SMILES string of the molecule is CCCNC(C)(CCCOC1CCCC(OC)C1)C(N)=O. The Kier molecular flexibility index (Phi) is 8.22. The fourth-order valence-corrected chi connectivity index (χ4v) is 2.84. The van der Waals surface area contributed by atoms with E-state index in [1.54, 1.807) is 7.11 Å². The van der Waals surface area contributed by atoms with Crippen molar-refractivity contribution in [1.82, 2.24) is 5.32 Å². The lowest BCUT2D eigenvalue weighted by Crippen LogP contribution is -2.53. The zero-order valence-electron chi connectivity index (χ0n) is 13.8. The molecule has 1 aliphatic rings. The number of carbonyl (C=O) groups excluding carboxylic acids is 1. The summed E-state index contributed by atoms with van der Waals surface area (Å²) in [5.41, 5.74) is 4.89. The normalized spacial score (nSPS) is 25.5. The molecule has 0 aromatic carbocycles. The fourth-order valence-electron chi connectivity index (χ4n) is 2.84. The third-order valence-electron chi connectivity index (χ3n) is 4.39. The number of hydrogen-bond acceptors (Lipinski definition) is 4. The Balaban J connectivity index is 2.26. The second kappa shape index (κ2) is 9.38. The number of rotatable bonds is 10. The molecule has 0 saturated heterocycles. The van der Waals surface area contributed by atoms with E-state index in [-0.39, 0.29) is 5.91 Å². The van der Waals surface area contributed by atoms with Crippen LogP contribution in [-0.4, -0.2) is 43.9 Å². The van der Waals surface area contributed by atoms with Crippen LogP contribution < -0.4 is 11.1 Å². The van der Waals surface area contributed by atoms with Gasteiger partial charge in [-0.25, -0.2) is 0 Å². The molecule has 3 N–H and O–H groups in total. The lowest BCUT2D eigenvalue weighted by Gasteiger charge is -2.30. The summed E-state index contributed by atoms with van der Waals surface area (Å²) in [6.45, 7) is 5.44. The monoisotopic (exact) mass is 300 g/mol. The average molecular weight is 300 g/mol. The van der Waals surface area contributed by atoms with Gasteiger partial charge in [0.1, 0.15) is 0 Å². The first kappa shape index (κ1) is 18.4. The van der Waals surface area contributed by atoms with Gasteiger partial charge in [-0.15, -0.1) is 0 Å². The van der Waals surface area contributed by atoms with Crippen molar-refractivity contribution in [3.63, 3.8) is 0 Å². The summed E-state index contributed by atoms with van der Waals surface area (Å²) in [6, 6.07) is 0. The standard InChI is InChI=1S/C16H32N2O3/c1-4-10-18-16(2,15(17)19)9-6-11-21-14-8-5-7-13(12-14)20-3/h13-14,18H,4-12H2,1-3H3,(H2,17,19). The largest absolute Gasteiger partial charge is 0.381 e. The summed E-state index contributed by atoms with van der Waals surface area (Å²) in [6.07, 6.45) is 7.57. The predicted molar refractivity (Wildman–Crippen MR) is 84.1 cm³/mol. The van der Waals surface area contributed by atoms with Gasteiger partial charge < -0.3 is 20.5 Å². The van der Waals surface area contributed by atoms with Crippen LogP contribution >= 0.6 is 0 Å². The van der Waals surface area contributed by atoms with E-state index in [0.717, 1.165) is 38.6 Å². The number of nitrogens with one attached hydrogen (secondary N) is 1. The van der Waals surface area contributed by atoms with Gasteiger partial charge in [0.05, 0.1) is 17.7 Å². The van der Waals surface area contributed by atoms with Crippen molar-refractivity contribution in [2.75, 3.05) is 20.3 Å². The number of ether oxygens (including phenoxy) is 2. The molecule has 1 amide bonds. The molecule has 0 aromatic heterocycles. The van der Waals surface area contributed by atoms with Crippen LogP contribution in [0, 0.1) is 0 Å². The maximum Gasteiger partial charge on any atom is 0.237 e. The van der Waals surface area contributed by atoms with Crippen molar-refractivity contribution in [2.24, 2.45) is 5.73 Å². The highest BCUT2D eigenvalue weighted by Gasteiger charge is 2.29. The number of hydrogen-bond donors (Lipinski definition) is 2. The molecular weight excluding hydrogens is 268 g/mol. The molecule has 0 bridgehead atoms. The summed E-state index contributed by atoms with van der Waals surface area (Å²) in [7, 11) is 1.77. The summed E-state index contributed by atoms with van der Waals surface area (Å²) in [5.74, 6) is -0.284. The highest BCUT2D eigenvalue weighted by atomic mass is 16.5. The summed E-state index contributed by atoms with van der Waals surface area (Å²) in [4.78, 5) is 11.6. The third kappa shape index (κ3) is 6.32. The molecule has 5 nitrogen and oxygen atoms in total. The van der Waals surface area contributed by atoms with E-state index in [2.05, 4.69) is 12.2 Å². The van der Waals surface area contributed by atoms with E-state index >= 15 is 0 Å². The first-order chi connectivity index (χ1) is 10.0. The van der Waals surface area contributed by atoms with Crippen molar-refractivity contribution in [1.29, 1.82) is 0 Å². The number of carbonyl (C=O) groups is 1. The highest BCUT2D eigenvalue weighted by Crippen LogP contribution is 2.23. The molecule has 3 atom stereocenters. The Bertz CT molecular complexity index is 312. The van der Waals surface area contributed by atoms with Gasteiger partial charge in [0.25, 0.3) is 0 Å². The van der Waals surface area contributed by atoms with E-state index in [0.29, 0.717) is 25.2 Å². The van der Waals surface area contributed by atoms with Crippen LogP contribution in [0.4, 0.5) is 0 Å². The van der Waals surface area contributed by atoms with E-state index < -0.39 is 5.54 Å². The van der Waals surface area contributed by atoms with Gasteiger partial charge in [-0.05, 0) is 58.4 Å². The fraction of sp³-hybridized carbons (Fsp3) is 0.938. The Labute approximate surface area is 128 Å². The van der Waals surface area contributed by atoms with Crippen LogP contribution in [0.25, 0.3) is 0 Å². The van der Waals surface area contributed by atoms with Crippen molar-refractivity contribution >= 4 is 5.91 Å². The van der Waals surface area contributed by atoms with Gasteiger partial charge in [-0.3, -0.25) is 4.79 Å². The lowest BCUT2D eigenvalue weighted by molar-refractivity contribution is -0.124. The maximum atomic E-state index is 11.6. The number of nitrogens with two attached hydrogens (primary N) is 1. The Morgan fingerprint density at radius 3 is 2.71 bits per heavy atom. The minimum absolute atomic E-state index is 0.284. The molecule has 21 heavy (non-hydrogen) atoms. The summed E-state index contributed by atoms with van der Waals surface area (Å²) < 4.78 is 11.3. The quantitative estimate of drug-likeness (QED) is 0.605. The zero-order chi connectivity index (χ0) is 15.7. The molecule has 1 fully saturated rings. The van der Waals surface area contributed by atoms with Crippen molar-refractivity contribution in [3.8, 4) is 0 Å². The minimum atomic E-state index is -0.624. The second-order valence-electron chi connectivity index (χ2n) is 6.24. The van der Waals surface area contributed by atoms with Crippen molar-refractivity contribution in [3.05, 3.63) is 0 Å². The highest BCUT2D eigenvalue weighted by molar-refractivity contribution is 5.84. The van der Waals surface area contributed by atoms with E-state index in [4.69, 9.17) is 15.2 Å². The summed E-state index contributed by atoms with van der Waals surface area (Å²) >= 11 is 0. The Morgan fingerprint density at radius 1 is 1.38 bits per heavy atom. The number of methoxy groups -OCH3 is 1. The maximum absolute atomic E-state index is 11.6. The topological polar surface area (TPSA) is 73.6 Å². The van der Waals surface area contributed by atoms with Crippen LogP contribution in [0.15, 0.2) is 0 Å². The van der Waals surface area contributed by atoms with Gasteiger partial charge in [0.2, 0.25) is 5.91 Å². The first-order valence-corrected chi connectivity index (χ1v) is 8.21. The minimum Gasteiger partial charge on any atom is -0.381 e. The average Bonchev–Trinajstić information content (AvgIpc) is 2.49. The van der Waals surface area contributed by atoms with Crippen LogP contribution in [0.2, 0.25) is 0 Å². The van der Waals surface area contributed by atoms with Gasteiger partial charge in [-0.1, -0.05) is 6.92 Å². The molecule has 0 spiro atoms. The zero-order valence-corrected chi connectivity index (χ0v) is 13.8.